The van der Waals surface area contributed by atoms with Crippen molar-refractivity contribution in [3.8, 4) is 5.69 Å². The quantitative estimate of drug-likeness (QED) is 0.566. The fraction of sp³-hybridized carbons (Fsp3) is 0.111. The van der Waals surface area contributed by atoms with E-state index in [9.17, 15) is 22.0 Å². The second-order valence-corrected chi connectivity index (χ2v) is 8.08. The Bertz CT molecular complexity index is 1420. The van der Waals surface area contributed by atoms with Gasteiger partial charge in [-0.3, -0.25) is 14.0 Å². The Kier molecular flexibility index (Phi) is 4.05. The van der Waals surface area contributed by atoms with Crippen LogP contribution in [0.3, 0.4) is 0 Å². The predicted molar refractivity (Wildman–Crippen MR) is 100.0 cm³/mol. The van der Waals surface area contributed by atoms with Gasteiger partial charge in [-0.05, 0) is 37.4 Å². The Labute approximate surface area is 157 Å². The van der Waals surface area contributed by atoms with Crippen molar-refractivity contribution in [3.63, 3.8) is 0 Å². The van der Waals surface area contributed by atoms with E-state index >= 15 is 0 Å². The van der Waals surface area contributed by atoms with Crippen LogP contribution in [0.25, 0.3) is 27.5 Å². The van der Waals surface area contributed by atoms with Gasteiger partial charge in [-0.2, -0.15) is 5.10 Å². The first-order chi connectivity index (χ1) is 13.2. The van der Waals surface area contributed by atoms with Crippen LogP contribution in [0.1, 0.15) is 0 Å². The number of nitrogens with zero attached hydrogens (tertiary/aromatic N) is 3. The second-order valence-electron chi connectivity index (χ2n) is 6.19. The summed E-state index contributed by atoms with van der Waals surface area (Å²) >= 11 is 0. The third-order valence-corrected chi connectivity index (χ3v) is 5.88. The van der Waals surface area contributed by atoms with E-state index in [1.54, 1.807) is 7.05 Å². The molecule has 0 aliphatic carbocycles. The molecule has 1 N–H and O–H groups in total. The molecule has 0 amide bonds. The molecule has 10 heteroatoms. The van der Waals surface area contributed by atoms with Crippen LogP contribution in [0.4, 0.5) is 8.78 Å². The number of pyridine rings is 1. The molecule has 4 rings (SSSR count). The molecule has 7 nitrogen and oxygen atoms in total. The van der Waals surface area contributed by atoms with Gasteiger partial charge in [0.1, 0.15) is 5.52 Å². The fourth-order valence-electron chi connectivity index (χ4n) is 3.14. The summed E-state index contributed by atoms with van der Waals surface area (Å²) in [5.74, 6) is -2.14. The van der Waals surface area contributed by atoms with Crippen LogP contribution in [-0.2, 0) is 17.1 Å². The maximum Gasteiger partial charge on any atom is 0.266 e. The highest BCUT2D eigenvalue weighted by atomic mass is 32.2. The van der Waals surface area contributed by atoms with Gasteiger partial charge in [0.25, 0.3) is 5.56 Å². The van der Waals surface area contributed by atoms with E-state index in [1.165, 1.54) is 46.8 Å². The highest BCUT2D eigenvalue weighted by Crippen LogP contribution is 2.27. The number of hydrogen-bond donors (Lipinski definition) is 1. The standard InChI is InChI=1S/C18H14F2N4O3S/c1-21-28(26,27)11-4-6-16-12(8-11)17-13(9-23(2)22-17)18(25)24(16)10-3-5-14(19)15(20)7-10/h3-9,21H,1-2H3. The molecule has 2 aromatic carbocycles. The lowest BCUT2D eigenvalue weighted by Crippen LogP contribution is -2.21. The molecule has 0 radical (unpaired) electrons. The average molecular weight is 404 g/mol. The lowest BCUT2D eigenvalue weighted by molar-refractivity contribution is 0.508. The lowest BCUT2D eigenvalue weighted by Gasteiger charge is -2.12. The first kappa shape index (κ1) is 18.3. The Balaban J connectivity index is 2.19. The Morgan fingerprint density at radius 2 is 1.79 bits per heavy atom. The molecule has 4 aromatic rings. The smallest absolute Gasteiger partial charge is 0.266 e. The van der Waals surface area contributed by atoms with Crippen LogP contribution in [0.2, 0.25) is 0 Å². The SMILES string of the molecule is CNS(=O)(=O)c1ccc2c(c1)c1nn(C)cc1c(=O)n2-c1ccc(F)c(F)c1. The number of sulfonamides is 1. The van der Waals surface area contributed by atoms with Crippen molar-refractivity contribution in [2.75, 3.05) is 7.05 Å². The maximum absolute atomic E-state index is 13.8. The zero-order chi connectivity index (χ0) is 20.2. The molecule has 0 saturated carbocycles. The molecule has 0 spiro atoms. The number of halogens is 2. The molecular weight excluding hydrogens is 390 g/mol. The van der Waals surface area contributed by atoms with E-state index in [0.717, 1.165) is 12.1 Å². The van der Waals surface area contributed by atoms with Gasteiger partial charge in [-0.1, -0.05) is 0 Å². The van der Waals surface area contributed by atoms with Crippen LogP contribution in [0.15, 0.2) is 52.3 Å². The summed E-state index contributed by atoms with van der Waals surface area (Å²) in [4.78, 5) is 13.0. The third-order valence-electron chi connectivity index (χ3n) is 4.47. The van der Waals surface area contributed by atoms with E-state index in [0.29, 0.717) is 16.4 Å². The van der Waals surface area contributed by atoms with Crippen LogP contribution in [0, 0.1) is 11.6 Å². The molecule has 144 valence electrons. The van der Waals surface area contributed by atoms with Crippen molar-refractivity contribution in [1.82, 2.24) is 19.1 Å². The molecule has 2 aromatic heterocycles. The summed E-state index contributed by atoms with van der Waals surface area (Å²) in [5.41, 5.74) is 0.265. The van der Waals surface area contributed by atoms with Gasteiger partial charge in [-0.15, -0.1) is 0 Å². The second kappa shape index (κ2) is 6.21. The number of aryl methyl sites for hydroxylation is 1. The van der Waals surface area contributed by atoms with Crippen molar-refractivity contribution in [2.24, 2.45) is 7.05 Å². The van der Waals surface area contributed by atoms with Gasteiger partial charge in [0, 0.05) is 24.7 Å². The number of aromatic nitrogens is 3. The molecule has 0 unspecified atom stereocenters. The van der Waals surface area contributed by atoms with Gasteiger partial charge < -0.3 is 0 Å². The van der Waals surface area contributed by atoms with E-state index in [2.05, 4.69) is 9.82 Å². The number of hydrogen-bond acceptors (Lipinski definition) is 4. The minimum absolute atomic E-state index is 0.00932. The summed E-state index contributed by atoms with van der Waals surface area (Å²) in [5, 5.41) is 4.88. The van der Waals surface area contributed by atoms with Crippen LogP contribution in [-0.4, -0.2) is 29.8 Å². The number of rotatable bonds is 3. The van der Waals surface area contributed by atoms with Gasteiger partial charge in [0.15, 0.2) is 11.6 Å². The van der Waals surface area contributed by atoms with Crippen molar-refractivity contribution >= 4 is 31.8 Å². The number of fused-ring (bicyclic) bond motifs is 3. The first-order valence-corrected chi connectivity index (χ1v) is 9.62. The highest BCUT2D eigenvalue weighted by molar-refractivity contribution is 7.89. The molecular formula is C18H14F2N4O3S. The minimum atomic E-state index is -3.73. The molecule has 0 atom stereocenters. The van der Waals surface area contributed by atoms with Crippen molar-refractivity contribution < 1.29 is 17.2 Å². The normalized spacial score (nSPS) is 12.1. The Morgan fingerprint density at radius 1 is 1.04 bits per heavy atom. The fourth-order valence-corrected chi connectivity index (χ4v) is 3.89. The van der Waals surface area contributed by atoms with E-state index < -0.39 is 27.2 Å². The summed E-state index contributed by atoms with van der Waals surface area (Å²) in [6, 6.07) is 7.29. The lowest BCUT2D eigenvalue weighted by atomic mass is 10.1. The topological polar surface area (TPSA) is 86.0 Å². The van der Waals surface area contributed by atoms with Gasteiger partial charge in [0.2, 0.25) is 10.0 Å². The summed E-state index contributed by atoms with van der Waals surface area (Å²) < 4.78 is 56.4. The van der Waals surface area contributed by atoms with Crippen molar-refractivity contribution in [1.29, 1.82) is 0 Å². The predicted octanol–water partition coefficient (Wildman–Crippen LogP) is 2.06. The molecule has 0 fully saturated rings. The summed E-state index contributed by atoms with van der Waals surface area (Å²) in [6.45, 7) is 0. The van der Waals surface area contributed by atoms with Gasteiger partial charge in [-0.25, -0.2) is 21.9 Å². The summed E-state index contributed by atoms with van der Waals surface area (Å²) in [6.07, 6.45) is 1.49. The number of nitrogens with one attached hydrogen (secondary N) is 1. The first-order valence-electron chi connectivity index (χ1n) is 8.14. The molecule has 2 heterocycles. The Morgan fingerprint density at radius 3 is 2.46 bits per heavy atom. The van der Waals surface area contributed by atoms with E-state index in [-0.39, 0.29) is 16.0 Å². The third kappa shape index (κ3) is 2.69. The molecule has 0 saturated heterocycles. The van der Waals surface area contributed by atoms with E-state index in [4.69, 9.17) is 0 Å². The minimum Gasteiger partial charge on any atom is -0.276 e. The summed E-state index contributed by atoms with van der Waals surface area (Å²) in [7, 11) is -0.817. The zero-order valence-corrected chi connectivity index (χ0v) is 15.6. The van der Waals surface area contributed by atoms with Gasteiger partial charge >= 0.3 is 0 Å². The van der Waals surface area contributed by atoms with Gasteiger partial charge in [0.05, 0.1) is 21.5 Å². The largest absolute Gasteiger partial charge is 0.276 e. The monoisotopic (exact) mass is 404 g/mol. The molecule has 0 aliphatic heterocycles. The van der Waals surface area contributed by atoms with Crippen LogP contribution < -0.4 is 10.3 Å². The van der Waals surface area contributed by atoms with Crippen LogP contribution in [0.5, 0.6) is 0 Å². The van der Waals surface area contributed by atoms with Crippen molar-refractivity contribution in [2.45, 2.75) is 4.90 Å². The highest BCUT2D eigenvalue weighted by Gasteiger charge is 2.19. The molecule has 0 bridgehead atoms. The average Bonchev–Trinajstić information content (AvgIpc) is 3.06. The van der Waals surface area contributed by atoms with Crippen LogP contribution >= 0.6 is 0 Å². The van der Waals surface area contributed by atoms with Crippen molar-refractivity contribution in [3.05, 3.63) is 64.6 Å². The maximum atomic E-state index is 13.8. The molecule has 0 aliphatic rings. The van der Waals surface area contributed by atoms with E-state index in [1.807, 2.05) is 0 Å². The zero-order valence-electron chi connectivity index (χ0n) is 14.8. The molecule has 28 heavy (non-hydrogen) atoms. The number of benzene rings is 2. The Hall–Kier alpha value is -3.11.